The topological polar surface area (TPSA) is 30.9 Å². The number of hydrogen-bond donors (Lipinski definition) is 0. The van der Waals surface area contributed by atoms with Crippen LogP contribution < -0.4 is 9.47 Å². The fourth-order valence-electron chi connectivity index (χ4n) is 3.98. The fraction of sp³-hybridized carbons (Fsp3) is 0.556. The zero-order valence-electron chi connectivity index (χ0n) is 20.6. The Morgan fingerprint density at radius 1 is 0.912 bits per heavy atom. The number of ether oxygens (including phenoxy) is 3. The van der Waals surface area contributed by atoms with Crippen LogP contribution in [0.5, 0.6) is 11.5 Å². The van der Waals surface area contributed by atoms with Gasteiger partial charge in [-0.15, -0.1) is 11.6 Å². The average Bonchev–Trinajstić information content (AvgIpc) is 2.82. The van der Waals surface area contributed by atoms with Crippen molar-refractivity contribution >= 4 is 34.8 Å². The Morgan fingerprint density at radius 3 is 2.09 bits per heavy atom. The number of rotatable bonds is 11. The molecule has 2 aromatic rings. The van der Waals surface area contributed by atoms with Crippen LogP contribution in [-0.4, -0.2) is 56.8 Å². The highest BCUT2D eigenvalue weighted by atomic mass is 35.5. The number of alkyl halides is 1. The van der Waals surface area contributed by atoms with Crippen molar-refractivity contribution in [1.82, 2.24) is 4.90 Å². The van der Waals surface area contributed by atoms with Crippen LogP contribution in [0, 0.1) is 11.8 Å². The molecule has 1 fully saturated rings. The van der Waals surface area contributed by atoms with E-state index in [0.29, 0.717) is 40.8 Å². The SMILES string of the molecule is C[C@H](CCl)COc1c(Cl)cc(C(C)(C)c2ccc(OC[C@H](C)CN3CCOCC3)cc2)cc1Cl. The average molecular weight is 529 g/mol. The fourth-order valence-corrected chi connectivity index (χ4v) is 4.66. The van der Waals surface area contributed by atoms with Gasteiger partial charge in [0.2, 0.25) is 0 Å². The molecular weight excluding hydrogens is 493 g/mol. The van der Waals surface area contributed by atoms with E-state index in [2.05, 4.69) is 37.8 Å². The normalized spacial score (nSPS) is 16.8. The molecule has 34 heavy (non-hydrogen) atoms. The van der Waals surface area contributed by atoms with E-state index in [1.54, 1.807) is 0 Å². The number of morpholine rings is 1. The lowest BCUT2D eigenvalue weighted by atomic mass is 9.78. The number of halogens is 3. The summed E-state index contributed by atoms with van der Waals surface area (Å²) in [5.74, 6) is 2.57. The largest absolute Gasteiger partial charge is 0.493 e. The van der Waals surface area contributed by atoms with E-state index in [-0.39, 0.29) is 11.3 Å². The Labute approximate surface area is 219 Å². The molecule has 1 heterocycles. The van der Waals surface area contributed by atoms with E-state index >= 15 is 0 Å². The van der Waals surface area contributed by atoms with Crippen LogP contribution in [0.4, 0.5) is 0 Å². The molecule has 1 aliphatic rings. The highest BCUT2D eigenvalue weighted by Crippen LogP contribution is 2.40. The number of benzene rings is 2. The van der Waals surface area contributed by atoms with Gasteiger partial charge in [-0.05, 0) is 35.4 Å². The quantitative estimate of drug-likeness (QED) is 0.296. The van der Waals surface area contributed by atoms with Gasteiger partial charge in [0.25, 0.3) is 0 Å². The summed E-state index contributed by atoms with van der Waals surface area (Å²) in [4.78, 5) is 2.44. The molecule has 1 saturated heterocycles. The van der Waals surface area contributed by atoms with E-state index in [4.69, 9.17) is 49.0 Å². The van der Waals surface area contributed by atoms with Gasteiger partial charge in [-0.2, -0.15) is 0 Å². The van der Waals surface area contributed by atoms with E-state index < -0.39 is 0 Å². The van der Waals surface area contributed by atoms with Crippen LogP contribution in [0.3, 0.4) is 0 Å². The Balaban J connectivity index is 1.62. The maximum Gasteiger partial charge on any atom is 0.156 e. The minimum atomic E-state index is -0.294. The van der Waals surface area contributed by atoms with Crippen LogP contribution in [0.2, 0.25) is 10.0 Å². The Kier molecular flexibility index (Phi) is 10.2. The van der Waals surface area contributed by atoms with Crippen molar-refractivity contribution in [3.05, 3.63) is 57.6 Å². The summed E-state index contributed by atoms with van der Waals surface area (Å²) in [7, 11) is 0. The summed E-state index contributed by atoms with van der Waals surface area (Å²) in [5.41, 5.74) is 1.88. The Morgan fingerprint density at radius 2 is 1.50 bits per heavy atom. The lowest BCUT2D eigenvalue weighted by Gasteiger charge is -2.29. The molecule has 0 saturated carbocycles. The lowest BCUT2D eigenvalue weighted by molar-refractivity contribution is 0.0283. The van der Waals surface area contributed by atoms with Gasteiger partial charge in [0.1, 0.15) is 5.75 Å². The van der Waals surface area contributed by atoms with Gasteiger partial charge in [-0.25, -0.2) is 0 Å². The zero-order valence-corrected chi connectivity index (χ0v) is 22.8. The molecule has 0 N–H and O–H groups in total. The number of nitrogens with zero attached hydrogens (tertiary/aromatic N) is 1. The third kappa shape index (κ3) is 7.41. The van der Waals surface area contributed by atoms with Crippen LogP contribution in [0.25, 0.3) is 0 Å². The Hall–Kier alpha value is -1.17. The first kappa shape index (κ1) is 27.4. The third-order valence-electron chi connectivity index (χ3n) is 6.28. The zero-order chi connectivity index (χ0) is 24.7. The molecule has 4 nitrogen and oxygen atoms in total. The summed E-state index contributed by atoms with van der Waals surface area (Å²) >= 11 is 19.0. The molecule has 0 amide bonds. The Bertz CT molecular complexity index is 891. The van der Waals surface area contributed by atoms with Crippen molar-refractivity contribution in [2.24, 2.45) is 11.8 Å². The molecule has 0 aromatic heterocycles. The molecule has 188 valence electrons. The maximum atomic E-state index is 6.55. The summed E-state index contributed by atoms with van der Waals surface area (Å²) in [6.45, 7) is 14.4. The van der Waals surface area contributed by atoms with Crippen molar-refractivity contribution in [3.63, 3.8) is 0 Å². The monoisotopic (exact) mass is 527 g/mol. The molecule has 0 aliphatic carbocycles. The molecule has 2 atom stereocenters. The van der Waals surface area contributed by atoms with Gasteiger partial charge in [-0.1, -0.05) is 63.0 Å². The molecule has 0 spiro atoms. The summed E-state index contributed by atoms with van der Waals surface area (Å²) in [6.07, 6.45) is 0. The highest BCUT2D eigenvalue weighted by molar-refractivity contribution is 6.37. The second-order valence-corrected chi connectivity index (χ2v) is 10.9. The molecule has 2 aromatic carbocycles. The van der Waals surface area contributed by atoms with Crippen LogP contribution >= 0.6 is 34.8 Å². The van der Waals surface area contributed by atoms with E-state index in [1.807, 2.05) is 31.2 Å². The predicted molar refractivity (Wildman–Crippen MR) is 142 cm³/mol. The molecule has 0 bridgehead atoms. The van der Waals surface area contributed by atoms with Crippen LogP contribution in [-0.2, 0) is 10.2 Å². The van der Waals surface area contributed by atoms with Crippen molar-refractivity contribution < 1.29 is 14.2 Å². The van der Waals surface area contributed by atoms with E-state index in [9.17, 15) is 0 Å². The second-order valence-electron chi connectivity index (χ2n) is 9.82. The first-order valence-electron chi connectivity index (χ1n) is 11.9. The highest BCUT2D eigenvalue weighted by Gasteiger charge is 2.26. The van der Waals surface area contributed by atoms with Crippen molar-refractivity contribution in [2.45, 2.75) is 33.1 Å². The summed E-state index contributed by atoms with van der Waals surface area (Å²) in [5, 5.41) is 1.01. The van der Waals surface area contributed by atoms with Crippen LogP contribution in [0.15, 0.2) is 36.4 Å². The van der Waals surface area contributed by atoms with Gasteiger partial charge in [0, 0.05) is 42.8 Å². The summed E-state index contributed by atoms with van der Waals surface area (Å²) in [6, 6.07) is 12.2. The predicted octanol–water partition coefficient (Wildman–Crippen LogP) is 6.92. The molecular formula is C27H36Cl3NO3. The molecule has 3 rings (SSSR count). The molecule has 0 unspecified atom stereocenters. The standard InChI is InChI=1S/C27H36Cl3NO3/c1-19(15-28)17-34-26-24(29)13-22(14-25(26)30)27(3,4)21-5-7-23(8-6-21)33-18-20(2)16-31-9-11-32-12-10-31/h5-8,13-14,19-20H,9-12,15-18H2,1-4H3/t19-,20-/m1/s1. The van der Waals surface area contributed by atoms with Crippen molar-refractivity contribution in [1.29, 1.82) is 0 Å². The van der Waals surface area contributed by atoms with Crippen molar-refractivity contribution in [3.8, 4) is 11.5 Å². The van der Waals surface area contributed by atoms with Gasteiger partial charge in [-0.3, -0.25) is 4.90 Å². The van der Waals surface area contributed by atoms with E-state index in [1.165, 1.54) is 0 Å². The number of hydrogen-bond acceptors (Lipinski definition) is 4. The minimum absolute atomic E-state index is 0.216. The smallest absolute Gasteiger partial charge is 0.156 e. The van der Waals surface area contributed by atoms with Crippen molar-refractivity contribution in [2.75, 3.05) is 51.9 Å². The lowest BCUT2D eigenvalue weighted by Crippen LogP contribution is -2.39. The van der Waals surface area contributed by atoms with E-state index in [0.717, 1.165) is 49.7 Å². The first-order chi connectivity index (χ1) is 16.2. The van der Waals surface area contributed by atoms with Gasteiger partial charge in [0.15, 0.2) is 5.75 Å². The molecule has 0 radical (unpaired) electrons. The van der Waals surface area contributed by atoms with Gasteiger partial charge < -0.3 is 14.2 Å². The third-order valence-corrected chi connectivity index (χ3v) is 7.37. The van der Waals surface area contributed by atoms with Gasteiger partial charge >= 0.3 is 0 Å². The maximum absolute atomic E-state index is 6.55. The second kappa shape index (κ2) is 12.7. The minimum Gasteiger partial charge on any atom is -0.493 e. The van der Waals surface area contributed by atoms with Crippen LogP contribution in [0.1, 0.15) is 38.8 Å². The first-order valence-corrected chi connectivity index (χ1v) is 13.2. The van der Waals surface area contributed by atoms with Gasteiger partial charge in [0.05, 0.1) is 36.5 Å². The molecule has 7 heteroatoms. The summed E-state index contributed by atoms with van der Waals surface area (Å²) < 4.78 is 17.3. The molecule has 1 aliphatic heterocycles.